The molecule has 0 aromatic carbocycles. The highest BCUT2D eigenvalue weighted by Crippen LogP contribution is 2.25. The van der Waals surface area contributed by atoms with E-state index in [0.29, 0.717) is 0 Å². The number of imide groups is 1. The van der Waals surface area contributed by atoms with Crippen LogP contribution in [-0.4, -0.2) is 15.7 Å². The molecule has 0 spiro atoms. The molecule has 0 atom stereocenters. The van der Waals surface area contributed by atoms with Gasteiger partial charge in [-0.25, -0.2) is 4.79 Å². The first kappa shape index (κ1) is 9.81. The second-order valence-electron chi connectivity index (χ2n) is 1.32. The predicted molar refractivity (Wildman–Crippen MR) is 38.0 cm³/mol. The van der Waals surface area contributed by atoms with Gasteiger partial charge in [-0.1, -0.05) is 34.8 Å². The molecule has 0 saturated carbocycles. The van der Waals surface area contributed by atoms with Crippen molar-refractivity contribution in [3.63, 3.8) is 0 Å². The number of carbonyl (C=O) groups excluding carboxylic acids is 2. The van der Waals surface area contributed by atoms with Crippen LogP contribution in [-0.2, 0) is 4.79 Å². The SMILES string of the molecule is NC(=O)NC(=O)C(Cl)(Cl)Cl. The Morgan fingerprint density at radius 1 is 1.30 bits per heavy atom. The molecule has 0 aliphatic rings. The summed E-state index contributed by atoms with van der Waals surface area (Å²) in [5.41, 5.74) is 4.54. The fourth-order valence-corrected chi connectivity index (χ4v) is 0.325. The fraction of sp³-hybridized carbons (Fsp3) is 0.333. The second kappa shape index (κ2) is 3.27. The molecule has 3 amide bonds. The third-order valence-electron chi connectivity index (χ3n) is 0.494. The molecular formula is C3H3Cl3N2O2. The van der Waals surface area contributed by atoms with Gasteiger partial charge in [-0.3, -0.25) is 10.1 Å². The molecule has 0 aromatic heterocycles. The largest absolute Gasteiger partial charge is 0.351 e. The van der Waals surface area contributed by atoms with Crippen LogP contribution in [0.3, 0.4) is 0 Å². The number of nitrogens with one attached hydrogen (secondary N) is 1. The van der Waals surface area contributed by atoms with Crippen LogP contribution in [0.2, 0.25) is 0 Å². The van der Waals surface area contributed by atoms with Crippen LogP contribution in [0.4, 0.5) is 4.79 Å². The van der Waals surface area contributed by atoms with Gasteiger partial charge in [-0.05, 0) is 0 Å². The van der Waals surface area contributed by atoms with E-state index in [-0.39, 0.29) is 0 Å². The lowest BCUT2D eigenvalue weighted by Gasteiger charge is -2.07. The Kier molecular flexibility index (Phi) is 3.21. The highest BCUT2D eigenvalue weighted by Gasteiger charge is 2.31. The Hall–Kier alpha value is -0.190. The van der Waals surface area contributed by atoms with Crippen molar-refractivity contribution in [2.45, 2.75) is 3.79 Å². The van der Waals surface area contributed by atoms with Crippen molar-refractivity contribution in [1.29, 1.82) is 0 Å². The van der Waals surface area contributed by atoms with E-state index in [2.05, 4.69) is 5.73 Å². The molecule has 0 rings (SSSR count). The maximum Gasteiger partial charge on any atom is 0.318 e. The molecule has 3 N–H and O–H groups in total. The van der Waals surface area contributed by atoms with E-state index in [1.54, 1.807) is 5.32 Å². The molecule has 0 radical (unpaired) electrons. The summed E-state index contributed by atoms with van der Waals surface area (Å²) in [4.78, 5) is 20.4. The number of nitrogens with two attached hydrogens (primary N) is 1. The highest BCUT2D eigenvalue weighted by molar-refractivity contribution is 6.76. The Morgan fingerprint density at radius 3 is 1.80 bits per heavy atom. The van der Waals surface area contributed by atoms with E-state index in [9.17, 15) is 9.59 Å². The number of hydrogen-bond acceptors (Lipinski definition) is 2. The zero-order valence-corrected chi connectivity index (χ0v) is 6.80. The van der Waals surface area contributed by atoms with E-state index >= 15 is 0 Å². The van der Waals surface area contributed by atoms with Crippen LogP contribution in [0.15, 0.2) is 0 Å². The summed E-state index contributed by atoms with van der Waals surface area (Å²) in [6.45, 7) is 0. The quantitative estimate of drug-likeness (QED) is 0.567. The van der Waals surface area contributed by atoms with E-state index in [1.165, 1.54) is 0 Å². The van der Waals surface area contributed by atoms with Crippen LogP contribution in [0, 0.1) is 0 Å². The van der Waals surface area contributed by atoms with Crippen LogP contribution in [0.25, 0.3) is 0 Å². The van der Waals surface area contributed by atoms with Gasteiger partial charge in [0.15, 0.2) is 0 Å². The number of amides is 3. The number of halogens is 3. The highest BCUT2D eigenvalue weighted by atomic mass is 35.6. The third-order valence-corrected chi connectivity index (χ3v) is 1.01. The number of urea groups is 1. The van der Waals surface area contributed by atoms with Gasteiger partial charge in [0.2, 0.25) is 0 Å². The molecular weight excluding hydrogens is 202 g/mol. The summed E-state index contributed by atoms with van der Waals surface area (Å²) in [7, 11) is 0. The number of rotatable bonds is 0. The Morgan fingerprint density at radius 2 is 1.70 bits per heavy atom. The van der Waals surface area contributed by atoms with Crippen LogP contribution < -0.4 is 11.1 Å². The summed E-state index contributed by atoms with van der Waals surface area (Å²) < 4.78 is -2.14. The summed E-state index contributed by atoms with van der Waals surface area (Å²) >= 11 is 15.1. The van der Waals surface area contributed by atoms with Crippen LogP contribution in [0.1, 0.15) is 0 Å². The molecule has 0 unspecified atom stereocenters. The van der Waals surface area contributed by atoms with Crippen molar-refractivity contribution < 1.29 is 9.59 Å². The third kappa shape index (κ3) is 3.76. The first-order valence-electron chi connectivity index (χ1n) is 2.01. The van der Waals surface area contributed by atoms with Gasteiger partial charge in [-0.15, -0.1) is 0 Å². The maximum absolute atomic E-state index is 10.5. The lowest BCUT2D eigenvalue weighted by molar-refractivity contribution is -0.119. The Bertz CT molecular complexity index is 164. The first-order chi connectivity index (χ1) is 4.34. The van der Waals surface area contributed by atoms with Gasteiger partial charge in [0, 0.05) is 0 Å². The number of carbonyl (C=O) groups is 2. The molecule has 0 bridgehead atoms. The van der Waals surface area contributed by atoms with Gasteiger partial charge in [0.25, 0.3) is 9.70 Å². The molecule has 0 fully saturated rings. The number of hydrogen-bond donors (Lipinski definition) is 2. The molecule has 7 heteroatoms. The van der Waals surface area contributed by atoms with Gasteiger partial charge in [0.1, 0.15) is 0 Å². The lowest BCUT2D eigenvalue weighted by Crippen LogP contribution is -2.41. The van der Waals surface area contributed by atoms with Crippen molar-refractivity contribution in [1.82, 2.24) is 5.32 Å². The number of alkyl halides is 3. The van der Waals surface area contributed by atoms with Crippen molar-refractivity contribution >= 4 is 46.7 Å². The second-order valence-corrected chi connectivity index (χ2v) is 3.60. The Balaban J connectivity index is 3.99. The minimum atomic E-state index is -2.14. The maximum atomic E-state index is 10.5. The average molecular weight is 205 g/mol. The van der Waals surface area contributed by atoms with Crippen molar-refractivity contribution in [3.8, 4) is 0 Å². The normalized spacial score (nSPS) is 10.7. The van der Waals surface area contributed by atoms with E-state index in [1.807, 2.05) is 0 Å². The van der Waals surface area contributed by atoms with Gasteiger partial charge < -0.3 is 5.73 Å². The van der Waals surface area contributed by atoms with Gasteiger partial charge in [0.05, 0.1) is 0 Å². The van der Waals surface area contributed by atoms with Crippen molar-refractivity contribution in [2.75, 3.05) is 0 Å². The molecule has 0 aromatic rings. The molecule has 0 aliphatic heterocycles. The summed E-state index contributed by atoms with van der Waals surface area (Å²) in [6, 6.07) is -1.06. The van der Waals surface area contributed by atoms with Gasteiger partial charge in [-0.2, -0.15) is 0 Å². The first-order valence-corrected chi connectivity index (χ1v) is 3.15. The zero-order valence-electron chi connectivity index (χ0n) is 4.53. The summed E-state index contributed by atoms with van der Waals surface area (Å²) in [6.07, 6.45) is 0. The van der Waals surface area contributed by atoms with Crippen LogP contribution >= 0.6 is 34.8 Å². The smallest absolute Gasteiger partial charge is 0.318 e. The molecule has 10 heavy (non-hydrogen) atoms. The Labute approximate surface area is 71.6 Å². The van der Waals surface area contributed by atoms with E-state index in [0.717, 1.165) is 0 Å². The minimum absolute atomic E-state index is 1.06. The van der Waals surface area contributed by atoms with E-state index < -0.39 is 15.7 Å². The number of primary amides is 1. The zero-order chi connectivity index (χ0) is 8.36. The summed E-state index contributed by atoms with van der Waals surface area (Å²) in [5, 5.41) is 1.59. The van der Waals surface area contributed by atoms with Crippen molar-refractivity contribution in [3.05, 3.63) is 0 Å². The summed E-state index contributed by atoms with van der Waals surface area (Å²) in [5.74, 6) is -1.06. The van der Waals surface area contributed by atoms with Crippen LogP contribution in [0.5, 0.6) is 0 Å². The van der Waals surface area contributed by atoms with E-state index in [4.69, 9.17) is 34.8 Å². The molecule has 0 heterocycles. The molecule has 58 valence electrons. The topological polar surface area (TPSA) is 72.2 Å². The standard InChI is InChI=1S/C3H3Cl3N2O2/c4-3(5,6)1(9)8-2(7)10/h(H3,7,8,9,10). The lowest BCUT2D eigenvalue weighted by atomic mass is 10.7. The predicted octanol–water partition coefficient (Wildman–Crippen LogP) is 0.552. The minimum Gasteiger partial charge on any atom is -0.351 e. The van der Waals surface area contributed by atoms with Crippen molar-refractivity contribution in [2.24, 2.45) is 5.73 Å². The molecule has 0 saturated heterocycles. The fourth-order valence-electron chi connectivity index (χ4n) is 0.183. The molecule has 4 nitrogen and oxygen atoms in total. The van der Waals surface area contributed by atoms with Gasteiger partial charge >= 0.3 is 6.03 Å². The monoisotopic (exact) mass is 204 g/mol. The molecule has 0 aliphatic carbocycles. The average Bonchev–Trinajstić information content (AvgIpc) is 1.60.